The van der Waals surface area contributed by atoms with Crippen molar-refractivity contribution in [2.45, 2.75) is 0 Å². The molecule has 5 rings (SSSR count). The van der Waals surface area contributed by atoms with Crippen LogP contribution in [0, 0.1) is 0 Å². The Bertz CT molecular complexity index is 1000. The number of benzene rings is 5. The third-order valence-corrected chi connectivity index (χ3v) is 4.39. The Labute approximate surface area is 138 Å². The van der Waals surface area contributed by atoms with Crippen LogP contribution in [0.3, 0.4) is 0 Å². The second kappa shape index (κ2) is 4.57. The van der Waals surface area contributed by atoms with Crippen molar-refractivity contribution >= 4 is 43.1 Å². The summed E-state index contributed by atoms with van der Waals surface area (Å²) in [7, 11) is 0. The zero-order valence-electron chi connectivity index (χ0n) is 11.2. The van der Waals surface area contributed by atoms with Crippen LogP contribution in [0.2, 0.25) is 0 Å². The maximum atomic E-state index is 2.25. The van der Waals surface area contributed by atoms with Gasteiger partial charge in [-0.15, -0.1) is 0 Å². The molecule has 5 aromatic rings. The SMILES string of the molecule is [Au].c1ccc2c(c1)c1cccc3ccc4cccc2c4c31. The minimum atomic E-state index is 0. The molecule has 1 radical (unpaired) electrons. The normalized spacial score (nSPS) is 11.4. The van der Waals surface area contributed by atoms with E-state index in [-0.39, 0.29) is 22.4 Å². The van der Waals surface area contributed by atoms with Gasteiger partial charge in [0.25, 0.3) is 0 Å². The van der Waals surface area contributed by atoms with Crippen LogP contribution in [0.15, 0.2) is 72.8 Å². The van der Waals surface area contributed by atoms with E-state index in [1.54, 1.807) is 0 Å². The fourth-order valence-electron chi connectivity index (χ4n) is 3.56. The summed E-state index contributed by atoms with van der Waals surface area (Å²) < 4.78 is 0. The van der Waals surface area contributed by atoms with Crippen LogP contribution < -0.4 is 0 Å². The predicted octanol–water partition coefficient (Wildman–Crippen LogP) is 5.73. The van der Waals surface area contributed by atoms with Gasteiger partial charge in [-0.2, -0.15) is 0 Å². The van der Waals surface area contributed by atoms with Crippen molar-refractivity contribution in [2.75, 3.05) is 0 Å². The fourth-order valence-corrected chi connectivity index (χ4v) is 3.56. The van der Waals surface area contributed by atoms with Gasteiger partial charge in [-0.1, -0.05) is 72.8 Å². The Kier molecular flexibility index (Phi) is 2.80. The Hall–Kier alpha value is -1.86. The van der Waals surface area contributed by atoms with Gasteiger partial charge in [0, 0.05) is 22.4 Å². The van der Waals surface area contributed by atoms with Crippen molar-refractivity contribution in [3.63, 3.8) is 0 Å². The quantitative estimate of drug-likeness (QED) is 0.161. The molecule has 0 aliphatic heterocycles. The fraction of sp³-hybridized carbons (Fsp3) is 0. The Morgan fingerprint density at radius 3 is 1.29 bits per heavy atom. The van der Waals surface area contributed by atoms with Crippen molar-refractivity contribution < 1.29 is 22.4 Å². The van der Waals surface area contributed by atoms with E-state index in [4.69, 9.17) is 0 Å². The molecule has 103 valence electrons. The van der Waals surface area contributed by atoms with E-state index in [0.29, 0.717) is 0 Å². The minimum absolute atomic E-state index is 0. The molecular weight excluding hydrogens is 437 g/mol. The Morgan fingerprint density at radius 1 is 0.381 bits per heavy atom. The van der Waals surface area contributed by atoms with Crippen LogP contribution in [0.5, 0.6) is 0 Å². The smallest absolute Gasteiger partial charge is 0 e. The molecule has 1 heteroatoms. The molecule has 0 aliphatic carbocycles. The van der Waals surface area contributed by atoms with Crippen LogP contribution in [0.25, 0.3) is 43.1 Å². The summed E-state index contributed by atoms with van der Waals surface area (Å²) in [6, 6.07) is 26.4. The van der Waals surface area contributed by atoms with Gasteiger partial charge in [-0.3, -0.25) is 0 Å². The molecule has 0 saturated heterocycles. The summed E-state index contributed by atoms with van der Waals surface area (Å²) in [6.45, 7) is 0. The molecule has 0 fully saturated rings. The van der Waals surface area contributed by atoms with E-state index in [1.165, 1.54) is 43.1 Å². The van der Waals surface area contributed by atoms with Gasteiger partial charge in [-0.05, 0) is 43.1 Å². The number of rotatable bonds is 0. The van der Waals surface area contributed by atoms with Crippen molar-refractivity contribution in [2.24, 2.45) is 0 Å². The summed E-state index contributed by atoms with van der Waals surface area (Å²) in [4.78, 5) is 0. The first-order valence-electron chi connectivity index (χ1n) is 6.98. The number of fused-ring (bicyclic) bond motifs is 3. The van der Waals surface area contributed by atoms with E-state index in [1.807, 2.05) is 0 Å². The van der Waals surface area contributed by atoms with Crippen LogP contribution in [0.1, 0.15) is 0 Å². The zero-order valence-corrected chi connectivity index (χ0v) is 13.4. The van der Waals surface area contributed by atoms with Crippen LogP contribution in [0.4, 0.5) is 0 Å². The van der Waals surface area contributed by atoms with E-state index < -0.39 is 0 Å². The van der Waals surface area contributed by atoms with Crippen molar-refractivity contribution in [3.05, 3.63) is 72.8 Å². The van der Waals surface area contributed by atoms with Crippen LogP contribution in [-0.2, 0) is 22.4 Å². The number of hydrogen-bond acceptors (Lipinski definition) is 0. The minimum Gasteiger partial charge on any atom is -0.0616 e. The van der Waals surface area contributed by atoms with Gasteiger partial charge in [0.2, 0.25) is 0 Å². The summed E-state index contributed by atoms with van der Waals surface area (Å²) in [5.74, 6) is 0. The second-order valence-corrected chi connectivity index (χ2v) is 5.42. The second-order valence-electron chi connectivity index (χ2n) is 5.42. The van der Waals surface area contributed by atoms with E-state index in [9.17, 15) is 0 Å². The molecule has 0 spiro atoms. The molecule has 0 heterocycles. The summed E-state index contributed by atoms with van der Waals surface area (Å²) in [6.07, 6.45) is 0. The molecule has 0 amide bonds. The molecule has 0 aromatic heterocycles. The van der Waals surface area contributed by atoms with Gasteiger partial charge in [0.1, 0.15) is 0 Å². The Morgan fingerprint density at radius 2 is 0.810 bits per heavy atom. The Balaban J connectivity index is 0.00000115. The third kappa shape index (κ3) is 1.61. The molecule has 0 aliphatic rings. The molecule has 0 bridgehead atoms. The molecule has 0 N–H and O–H groups in total. The molecule has 0 saturated carbocycles. The van der Waals surface area contributed by atoms with Gasteiger partial charge in [-0.25, -0.2) is 0 Å². The standard InChI is InChI=1S/C20H12.Au/c1-2-8-16-15(7-1)17-9-3-5-13-11-12-14-6-4-10-18(16)20(14)19(13)17;/h1-12H;. The van der Waals surface area contributed by atoms with E-state index in [2.05, 4.69) is 72.8 Å². The average Bonchev–Trinajstić information content (AvgIpc) is 2.53. The molecule has 0 unspecified atom stereocenters. The first kappa shape index (κ1) is 12.8. The van der Waals surface area contributed by atoms with Gasteiger partial charge < -0.3 is 0 Å². The van der Waals surface area contributed by atoms with Crippen LogP contribution in [-0.4, -0.2) is 0 Å². The van der Waals surface area contributed by atoms with Gasteiger partial charge in [0.05, 0.1) is 0 Å². The number of hydrogen-bond donors (Lipinski definition) is 0. The van der Waals surface area contributed by atoms with Crippen molar-refractivity contribution in [3.8, 4) is 0 Å². The predicted molar refractivity (Wildman–Crippen MR) is 87.7 cm³/mol. The monoisotopic (exact) mass is 449 g/mol. The van der Waals surface area contributed by atoms with Crippen molar-refractivity contribution in [1.29, 1.82) is 0 Å². The summed E-state index contributed by atoms with van der Waals surface area (Å²) >= 11 is 0. The molecule has 5 aromatic carbocycles. The third-order valence-electron chi connectivity index (χ3n) is 4.39. The molecule has 21 heavy (non-hydrogen) atoms. The first-order chi connectivity index (χ1) is 9.93. The van der Waals surface area contributed by atoms with Gasteiger partial charge in [0.15, 0.2) is 0 Å². The average molecular weight is 449 g/mol. The van der Waals surface area contributed by atoms with Crippen LogP contribution >= 0.6 is 0 Å². The first-order valence-corrected chi connectivity index (χ1v) is 6.98. The summed E-state index contributed by atoms with van der Waals surface area (Å²) in [5.41, 5.74) is 0. The van der Waals surface area contributed by atoms with E-state index in [0.717, 1.165) is 0 Å². The molecular formula is C20H12Au. The summed E-state index contributed by atoms with van der Waals surface area (Å²) in [5, 5.41) is 10.9. The maximum Gasteiger partial charge on any atom is 0 e. The maximum absolute atomic E-state index is 2.25. The van der Waals surface area contributed by atoms with Crippen molar-refractivity contribution in [1.82, 2.24) is 0 Å². The molecule has 0 nitrogen and oxygen atoms in total. The largest absolute Gasteiger partial charge is 0.0616 e. The zero-order chi connectivity index (χ0) is 13.1. The topological polar surface area (TPSA) is 0 Å². The van der Waals surface area contributed by atoms with Gasteiger partial charge >= 0.3 is 0 Å². The van der Waals surface area contributed by atoms with E-state index >= 15 is 0 Å². The molecule has 0 atom stereocenters.